The van der Waals surface area contributed by atoms with E-state index in [0.717, 1.165) is 12.2 Å². The monoisotopic (exact) mass is 292 g/mol. The summed E-state index contributed by atoms with van der Waals surface area (Å²) in [6.45, 7) is 18.3. The molecule has 0 saturated heterocycles. The van der Waals surface area contributed by atoms with Crippen LogP contribution in [-0.2, 0) is 10.8 Å². The summed E-state index contributed by atoms with van der Waals surface area (Å²) in [5.74, 6) is 1.66. The summed E-state index contributed by atoms with van der Waals surface area (Å²) < 4.78 is 0. The highest BCUT2D eigenvalue weighted by molar-refractivity contribution is 5.28. The van der Waals surface area contributed by atoms with Crippen LogP contribution in [0.15, 0.2) is 0 Å². The lowest BCUT2D eigenvalue weighted by Crippen LogP contribution is -2.21. The molecule has 0 fully saturated rings. The van der Waals surface area contributed by atoms with Crippen molar-refractivity contribution in [1.82, 2.24) is 9.97 Å². The molecule has 0 radical (unpaired) electrons. The SMILES string of the molecule is CCCCCC(C)(C)c1[nH]c(C(C)(C)C)nc1C(C)CC. The first-order valence-electron chi connectivity index (χ1n) is 8.74. The van der Waals surface area contributed by atoms with Gasteiger partial charge < -0.3 is 4.98 Å². The number of aromatic nitrogens is 2. The van der Waals surface area contributed by atoms with E-state index in [0.29, 0.717) is 5.92 Å². The molecule has 122 valence electrons. The third-order valence-corrected chi connectivity index (χ3v) is 4.60. The minimum atomic E-state index is 0.0833. The van der Waals surface area contributed by atoms with E-state index in [2.05, 4.69) is 60.4 Å². The van der Waals surface area contributed by atoms with Crippen LogP contribution in [0, 0.1) is 0 Å². The van der Waals surface area contributed by atoms with Gasteiger partial charge in [-0.05, 0) is 18.8 Å². The molecule has 1 rings (SSSR count). The van der Waals surface area contributed by atoms with Gasteiger partial charge in [-0.15, -0.1) is 0 Å². The minimum Gasteiger partial charge on any atom is -0.345 e. The van der Waals surface area contributed by atoms with Crippen molar-refractivity contribution in [3.63, 3.8) is 0 Å². The van der Waals surface area contributed by atoms with Gasteiger partial charge in [0.1, 0.15) is 5.82 Å². The molecule has 1 aromatic heterocycles. The number of nitrogens with one attached hydrogen (secondary N) is 1. The molecule has 1 heterocycles. The Kier molecular flexibility index (Phi) is 6.07. The number of H-pyrrole nitrogens is 1. The van der Waals surface area contributed by atoms with Crippen LogP contribution in [0.3, 0.4) is 0 Å². The summed E-state index contributed by atoms with van der Waals surface area (Å²) in [5, 5.41) is 0. The second kappa shape index (κ2) is 6.98. The van der Waals surface area contributed by atoms with E-state index < -0.39 is 0 Å². The number of rotatable bonds is 7. The lowest BCUT2D eigenvalue weighted by molar-refractivity contribution is 0.431. The molecular weight excluding hydrogens is 256 g/mol. The third kappa shape index (κ3) is 4.59. The van der Waals surface area contributed by atoms with E-state index in [1.807, 2.05) is 0 Å². The van der Waals surface area contributed by atoms with E-state index in [1.165, 1.54) is 37.1 Å². The zero-order valence-corrected chi connectivity index (χ0v) is 15.6. The van der Waals surface area contributed by atoms with Gasteiger partial charge in [-0.25, -0.2) is 4.98 Å². The molecule has 0 saturated carbocycles. The van der Waals surface area contributed by atoms with Gasteiger partial charge >= 0.3 is 0 Å². The van der Waals surface area contributed by atoms with E-state index in [9.17, 15) is 0 Å². The van der Waals surface area contributed by atoms with Crippen LogP contribution in [0.1, 0.15) is 111 Å². The Labute approximate surface area is 132 Å². The van der Waals surface area contributed by atoms with Gasteiger partial charge in [0.15, 0.2) is 0 Å². The summed E-state index contributed by atoms with van der Waals surface area (Å²) in [5.41, 5.74) is 2.94. The van der Waals surface area contributed by atoms with Crippen molar-refractivity contribution in [2.75, 3.05) is 0 Å². The zero-order chi connectivity index (χ0) is 16.3. The Hall–Kier alpha value is -0.790. The fourth-order valence-electron chi connectivity index (χ4n) is 2.75. The van der Waals surface area contributed by atoms with Crippen molar-refractivity contribution in [3.05, 3.63) is 17.2 Å². The lowest BCUT2D eigenvalue weighted by atomic mass is 9.80. The first-order valence-corrected chi connectivity index (χ1v) is 8.74. The molecule has 1 atom stereocenters. The van der Waals surface area contributed by atoms with Crippen LogP contribution >= 0.6 is 0 Å². The molecule has 1 unspecified atom stereocenters. The standard InChI is InChI=1S/C19H36N2/c1-9-11-12-13-19(7,8)16-15(14(3)10-2)20-17(21-16)18(4,5)6/h14H,9-13H2,1-8H3,(H,20,21). The van der Waals surface area contributed by atoms with Gasteiger partial charge in [0.05, 0.1) is 5.69 Å². The van der Waals surface area contributed by atoms with E-state index in [1.54, 1.807) is 0 Å². The van der Waals surface area contributed by atoms with Gasteiger partial charge in [-0.2, -0.15) is 0 Å². The minimum absolute atomic E-state index is 0.0833. The average Bonchev–Trinajstić information content (AvgIpc) is 2.83. The number of hydrogen-bond acceptors (Lipinski definition) is 1. The van der Waals surface area contributed by atoms with E-state index in [-0.39, 0.29) is 10.8 Å². The maximum absolute atomic E-state index is 4.99. The lowest BCUT2D eigenvalue weighted by Gasteiger charge is -2.26. The molecular formula is C19H36N2. The first kappa shape index (κ1) is 18.3. The highest BCUT2D eigenvalue weighted by Gasteiger charge is 2.31. The summed E-state index contributed by atoms with van der Waals surface area (Å²) in [4.78, 5) is 8.68. The first-order chi connectivity index (χ1) is 9.63. The van der Waals surface area contributed by atoms with Crippen molar-refractivity contribution in [1.29, 1.82) is 0 Å². The Bertz CT molecular complexity index is 435. The molecule has 0 bridgehead atoms. The second-order valence-corrected chi connectivity index (χ2v) is 8.25. The second-order valence-electron chi connectivity index (χ2n) is 8.25. The number of nitrogens with zero attached hydrogens (tertiary/aromatic N) is 1. The summed E-state index contributed by atoms with van der Waals surface area (Å²) >= 11 is 0. The number of aromatic amines is 1. The maximum Gasteiger partial charge on any atom is 0.112 e. The molecule has 1 N–H and O–H groups in total. The highest BCUT2D eigenvalue weighted by atomic mass is 15.0. The Morgan fingerprint density at radius 3 is 2.14 bits per heavy atom. The van der Waals surface area contributed by atoms with E-state index in [4.69, 9.17) is 4.98 Å². The predicted molar refractivity (Wildman–Crippen MR) is 93.2 cm³/mol. The van der Waals surface area contributed by atoms with Crippen molar-refractivity contribution in [2.45, 2.75) is 104 Å². The van der Waals surface area contributed by atoms with Crippen LogP contribution in [0.2, 0.25) is 0 Å². The van der Waals surface area contributed by atoms with Crippen LogP contribution < -0.4 is 0 Å². The van der Waals surface area contributed by atoms with Crippen molar-refractivity contribution < 1.29 is 0 Å². The molecule has 0 spiro atoms. The molecule has 21 heavy (non-hydrogen) atoms. The Balaban J connectivity index is 3.16. The molecule has 2 nitrogen and oxygen atoms in total. The summed E-state index contributed by atoms with van der Waals surface area (Å²) in [7, 11) is 0. The maximum atomic E-state index is 4.99. The summed E-state index contributed by atoms with van der Waals surface area (Å²) in [6, 6.07) is 0. The molecule has 0 aliphatic heterocycles. The van der Waals surface area contributed by atoms with Crippen LogP contribution in [0.4, 0.5) is 0 Å². The predicted octanol–water partition coefficient (Wildman–Crippen LogP) is 6.08. The van der Waals surface area contributed by atoms with Gasteiger partial charge in [0.25, 0.3) is 0 Å². The van der Waals surface area contributed by atoms with Gasteiger partial charge in [-0.3, -0.25) is 0 Å². The van der Waals surface area contributed by atoms with Crippen molar-refractivity contribution in [2.24, 2.45) is 0 Å². The molecule has 2 heteroatoms. The fraction of sp³-hybridized carbons (Fsp3) is 0.842. The number of hydrogen-bond donors (Lipinski definition) is 1. The van der Waals surface area contributed by atoms with Crippen molar-refractivity contribution in [3.8, 4) is 0 Å². The molecule has 0 amide bonds. The van der Waals surface area contributed by atoms with Gasteiger partial charge in [-0.1, -0.05) is 74.7 Å². The molecule has 1 aromatic rings. The fourth-order valence-corrected chi connectivity index (χ4v) is 2.75. The van der Waals surface area contributed by atoms with Crippen molar-refractivity contribution >= 4 is 0 Å². The Morgan fingerprint density at radius 2 is 1.67 bits per heavy atom. The third-order valence-electron chi connectivity index (χ3n) is 4.60. The van der Waals surface area contributed by atoms with Crippen LogP contribution in [0.25, 0.3) is 0 Å². The number of unbranched alkanes of at least 4 members (excludes halogenated alkanes) is 2. The smallest absolute Gasteiger partial charge is 0.112 e. The van der Waals surface area contributed by atoms with Crippen LogP contribution in [0.5, 0.6) is 0 Å². The number of imidazole rings is 1. The Morgan fingerprint density at radius 1 is 1.05 bits per heavy atom. The topological polar surface area (TPSA) is 28.7 Å². The molecule has 0 aliphatic rings. The molecule has 0 aliphatic carbocycles. The van der Waals surface area contributed by atoms with E-state index >= 15 is 0 Å². The highest BCUT2D eigenvalue weighted by Crippen LogP contribution is 2.36. The quantitative estimate of drug-likeness (QED) is 0.606. The molecule has 0 aromatic carbocycles. The normalized spacial score (nSPS) is 14.5. The van der Waals surface area contributed by atoms with Gasteiger partial charge in [0.2, 0.25) is 0 Å². The van der Waals surface area contributed by atoms with Crippen LogP contribution in [-0.4, -0.2) is 9.97 Å². The van der Waals surface area contributed by atoms with Gasteiger partial charge in [0, 0.05) is 16.5 Å². The largest absolute Gasteiger partial charge is 0.345 e. The summed E-state index contributed by atoms with van der Waals surface area (Å²) in [6.07, 6.45) is 6.28. The average molecular weight is 293 g/mol. The zero-order valence-electron chi connectivity index (χ0n) is 15.6.